The highest BCUT2D eigenvalue weighted by Crippen LogP contribution is 2.27. The normalized spacial score (nSPS) is 17.1. The maximum Gasteiger partial charge on any atom is 0.268 e. The fourth-order valence-corrected chi connectivity index (χ4v) is 3.41. The van der Waals surface area contributed by atoms with Gasteiger partial charge < -0.3 is 10.2 Å². The quantitative estimate of drug-likeness (QED) is 0.762. The van der Waals surface area contributed by atoms with E-state index >= 15 is 0 Å². The number of amides is 1. The Bertz CT molecular complexity index is 917. The van der Waals surface area contributed by atoms with Crippen molar-refractivity contribution >= 4 is 51.1 Å². The monoisotopic (exact) mass is 346 g/mol. The smallest absolute Gasteiger partial charge is 0.268 e. The van der Waals surface area contributed by atoms with E-state index in [0.717, 1.165) is 21.5 Å². The Hall–Kier alpha value is -2.38. The van der Waals surface area contributed by atoms with Crippen molar-refractivity contribution in [2.75, 3.05) is 5.32 Å². The van der Waals surface area contributed by atoms with Crippen LogP contribution in [0.4, 0.5) is 5.69 Å². The molecule has 0 aliphatic carbocycles. The van der Waals surface area contributed by atoms with Crippen molar-refractivity contribution in [1.82, 2.24) is 10.2 Å². The lowest BCUT2D eigenvalue weighted by Crippen LogP contribution is -2.27. The van der Waals surface area contributed by atoms with Crippen LogP contribution in [0, 0.1) is 0 Å². The van der Waals surface area contributed by atoms with Crippen LogP contribution in [-0.4, -0.2) is 27.9 Å². The lowest BCUT2D eigenvalue weighted by molar-refractivity contribution is -0.125. The molecule has 4 rings (SSSR count). The molecular formula is C15H11ClN4O2S. The second-order valence-electron chi connectivity index (χ2n) is 5.10. The lowest BCUT2D eigenvalue weighted by atomic mass is 10.1. The van der Waals surface area contributed by atoms with Gasteiger partial charge in [-0.15, -0.1) is 11.3 Å². The summed E-state index contributed by atoms with van der Waals surface area (Å²) >= 11 is 7.34. The number of oxime groups is 1. The number of nitrogens with zero attached hydrogens (tertiary/aromatic N) is 2. The first-order chi connectivity index (χ1) is 11.2. The van der Waals surface area contributed by atoms with Crippen LogP contribution in [0.2, 0.25) is 4.34 Å². The Labute approximate surface area is 140 Å². The number of carbonyl (C=O) groups excluding carboxylic acids is 1. The number of anilines is 1. The average Bonchev–Trinajstić information content (AvgIpc) is 3.26. The van der Waals surface area contributed by atoms with Gasteiger partial charge in [0.05, 0.1) is 20.9 Å². The number of fused-ring (bicyclic) bond motifs is 1. The molecule has 1 amide bonds. The van der Waals surface area contributed by atoms with Gasteiger partial charge in [-0.25, -0.2) is 0 Å². The highest BCUT2D eigenvalue weighted by atomic mass is 35.5. The van der Waals surface area contributed by atoms with Gasteiger partial charge in [0.25, 0.3) is 5.91 Å². The highest BCUT2D eigenvalue weighted by molar-refractivity contribution is 7.18. The van der Waals surface area contributed by atoms with Crippen molar-refractivity contribution in [3.63, 3.8) is 0 Å². The van der Waals surface area contributed by atoms with Gasteiger partial charge in [-0.05, 0) is 30.3 Å². The molecule has 0 spiro atoms. The number of hydrogen-bond donors (Lipinski definition) is 2. The molecule has 0 saturated carbocycles. The SMILES string of the molecule is O=C(Nc1ccc2[nH]ncc2c1)C1CC(c2ccc(Cl)s2)=NO1. The van der Waals surface area contributed by atoms with Crippen LogP contribution in [0.25, 0.3) is 10.9 Å². The van der Waals surface area contributed by atoms with Gasteiger partial charge in [0, 0.05) is 17.5 Å². The Morgan fingerprint density at radius 1 is 1.39 bits per heavy atom. The summed E-state index contributed by atoms with van der Waals surface area (Å²) in [5.41, 5.74) is 2.35. The number of thiophene rings is 1. The number of carbonyl (C=O) groups is 1. The fourth-order valence-electron chi connectivity index (χ4n) is 2.38. The zero-order valence-corrected chi connectivity index (χ0v) is 13.3. The van der Waals surface area contributed by atoms with E-state index in [2.05, 4.69) is 20.7 Å². The van der Waals surface area contributed by atoms with E-state index in [-0.39, 0.29) is 5.91 Å². The summed E-state index contributed by atoms with van der Waals surface area (Å²) < 4.78 is 0.684. The number of H-pyrrole nitrogens is 1. The summed E-state index contributed by atoms with van der Waals surface area (Å²) in [5, 5.41) is 14.6. The maximum absolute atomic E-state index is 12.3. The number of hydrogen-bond acceptors (Lipinski definition) is 5. The minimum Gasteiger partial charge on any atom is -0.382 e. The number of aromatic nitrogens is 2. The van der Waals surface area contributed by atoms with Crippen LogP contribution in [-0.2, 0) is 9.63 Å². The molecule has 3 aromatic rings. The molecule has 6 nitrogen and oxygen atoms in total. The lowest BCUT2D eigenvalue weighted by Gasteiger charge is -2.09. The molecule has 2 N–H and O–H groups in total. The number of rotatable bonds is 3. The van der Waals surface area contributed by atoms with Gasteiger partial charge >= 0.3 is 0 Å². The van der Waals surface area contributed by atoms with Crippen LogP contribution in [0.3, 0.4) is 0 Å². The summed E-state index contributed by atoms with van der Waals surface area (Å²) in [6.07, 6.45) is 1.50. The number of nitrogens with one attached hydrogen (secondary N) is 2. The van der Waals surface area contributed by atoms with Crippen molar-refractivity contribution in [2.24, 2.45) is 5.16 Å². The largest absolute Gasteiger partial charge is 0.382 e. The minimum atomic E-state index is -0.633. The molecule has 1 aromatic carbocycles. The third-order valence-corrected chi connectivity index (χ3v) is 4.81. The summed E-state index contributed by atoms with van der Waals surface area (Å²) in [7, 11) is 0. The van der Waals surface area contributed by atoms with Gasteiger partial charge in [-0.2, -0.15) is 5.10 Å². The third-order valence-electron chi connectivity index (χ3n) is 3.53. The molecule has 0 radical (unpaired) electrons. The van der Waals surface area contributed by atoms with E-state index in [4.69, 9.17) is 16.4 Å². The maximum atomic E-state index is 12.3. The highest BCUT2D eigenvalue weighted by Gasteiger charge is 2.29. The Morgan fingerprint density at radius 2 is 2.30 bits per heavy atom. The molecule has 8 heteroatoms. The van der Waals surface area contributed by atoms with E-state index in [1.54, 1.807) is 12.3 Å². The molecule has 3 heterocycles. The number of benzene rings is 1. The summed E-state index contributed by atoms with van der Waals surface area (Å²) in [6, 6.07) is 9.21. The number of aromatic amines is 1. The summed E-state index contributed by atoms with van der Waals surface area (Å²) in [5.74, 6) is -0.228. The summed E-state index contributed by atoms with van der Waals surface area (Å²) in [6.45, 7) is 0. The average molecular weight is 347 g/mol. The molecule has 1 aliphatic rings. The van der Waals surface area contributed by atoms with Gasteiger partial charge in [0.15, 0.2) is 0 Å². The summed E-state index contributed by atoms with van der Waals surface area (Å²) in [4.78, 5) is 18.5. The third kappa shape index (κ3) is 2.80. The first-order valence-electron chi connectivity index (χ1n) is 6.91. The van der Waals surface area contributed by atoms with Crippen molar-refractivity contribution < 1.29 is 9.63 Å². The van der Waals surface area contributed by atoms with Gasteiger partial charge in [0.1, 0.15) is 5.71 Å². The van der Waals surface area contributed by atoms with Crippen LogP contribution < -0.4 is 5.32 Å². The molecule has 23 heavy (non-hydrogen) atoms. The molecule has 2 aromatic heterocycles. The molecule has 0 bridgehead atoms. The predicted octanol–water partition coefficient (Wildman–Crippen LogP) is 3.41. The van der Waals surface area contributed by atoms with E-state index < -0.39 is 6.10 Å². The molecular weight excluding hydrogens is 336 g/mol. The molecule has 1 unspecified atom stereocenters. The molecule has 0 saturated heterocycles. The van der Waals surface area contributed by atoms with E-state index in [1.165, 1.54) is 11.3 Å². The second-order valence-corrected chi connectivity index (χ2v) is 6.82. The van der Waals surface area contributed by atoms with Crippen LogP contribution in [0.5, 0.6) is 0 Å². The molecule has 0 fully saturated rings. The van der Waals surface area contributed by atoms with Crippen molar-refractivity contribution in [3.05, 3.63) is 45.7 Å². The van der Waals surface area contributed by atoms with Crippen molar-refractivity contribution in [3.8, 4) is 0 Å². The van der Waals surface area contributed by atoms with Gasteiger partial charge in [-0.1, -0.05) is 16.8 Å². The molecule has 116 valence electrons. The van der Waals surface area contributed by atoms with Crippen LogP contribution >= 0.6 is 22.9 Å². The Morgan fingerprint density at radius 3 is 3.13 bits per heavy atom. The topological polar surface area (TPSA) is 79.4 Å². The zero-order valence-electron chi connectivity index (χ0n) is 11.7. The standard InChI is InChI=1S/C15H11ClN4O2S/c16-14-4-3-13(23-14)11-6-12(22-20-11)15(21)18-9-1-2-10-8(5-9)7-17-19-10/h1-5,7,12H,6H2,(H,17,19)(H,18,21). The Kier molecular flexibility index (Phi) is 3.51. The van der Waals surface area contributed by atoms with Crippen LogP contribution in [0.15, 0.2) is 41.7 Å². The molecule has 1 atom stereocenters. The van der Waals surface area contributed by atoms with E-state index in [0.29, 0.717) is 16.4 Å². The van der Waals surface area contributed by atoms with Gasteiger partial charge in [0.2, 0.25) is 6.10 Å². The first-order valence-corrected chi connectivity index (χ1v) is 8.11. The second kappa shape index (κ2) is 5.68. The first kappa shape index (κ1) is 14.2. The fraction of sp³-hybridized carbons (Fsp3) is 0.133. The zero-order chi connectivity index (χ0) is 15.8. The van der Waals surface area contributed by atoms with Crippen molar-refractivity contribution in [1.29, 1.82) is 0 Å². The van der Waals surface area contributed by atoms with E-state index in [1.807, 2.05) is 24.3 Å². The van der Waals surface area contributed by atoms with Gasteiger partial charge in [-0.3, -0.25) is 9.89 Å². The van der Waals surface area contributed by atoms with Crippen LogP contribution in [0.1, 0.15) is 11.3 Å². The van der Waals surface area contributed by atoms with Crippen molar-refractivity contribution in [2.45, 2.75) is 12.5 Å². The molecule has 1 aliphatic heterocycles. The number of halogens is 1. The Balaban J connectivity index is 1.44. The van der Waals surface area contributed by atoms with E-state index in [9.17, 15) is 4.79 Å². The minimum absolute atomic E-state index is 0.228. The predicted molar refractivity (Wildman–Crippen MR) is 90.1 cm³/mol.